The lowest BCUT2D eigenvalue weighted by molar-refractivity contribution is 0.0937. The fourth-order valence-electron chi connectivity index (χ4n) is 3.70. The van der Waals surface area contributed by atoms with Crippen LogP contribution in [-0.4, -0.2) is 31.7 Å². The van der Waals surface area contributed by atoms with E-state index < -0.39 is 0 Å². The van der Waals surface area contributed by atoms with Gasteiger partial charge in [-0.25, -0.2) is 9.67 Å². The molecule has 0 atom stereocenters. The van der Waals surface area contributed by atoms with E-state index in [-0.39, 0.29) is 17.5 Å². The normalized spacial score (nSPS) is 14.3. The van der Waals surface area contributed by atoms with Crippen LogP contribution in [0.5, 0.6) is 0 Å². The second kappa shape index (κ2) is 7.80. The largest absolute Gasteiger partial charge is 0.349 e. The van der Waals surface area contributed by atoms with Crippen molar-refractivity contribution in [1.29, 1.82) is 0 Å². The maximum Gasteiger partial charge on any atom is 0.255 e. The van der Waals surface area contributed by atoms with Gasteiger partial charge in [-0.3, -0.25) is 14.6 Å². The average molecular weight is 377 g/mol. The van der Waals surface area contributed by atoms with E-state index >= 15 is 0 Å². The molecule has 0 saturated heterocycles. The maximum atomic E-state index is 12.9. The zero-order valence-electron chi connectivity index (χ0n) is 15.8. The van der Waals surface area contributed by atoms with Gasteiger partial charge in [0.25, 0.3) is 11.5 Å². The second-order valence-corrected chi connectivity index (χ2v) is 7.24. The number of hydrogen-bond acceptors (Lipinski definition) is 4. The van der Waals surface area contributed by atoms with Crippen LogP contribution < -0.4 is 10.9 Å². The molecule has 1 amide bonds. The number of benzene rings is 1. The zero-order chi connectivity index (χ0) is 19.5. The third-order valence-electron chi connectivity index (χ3n) is 5.08. The number of H-pyrrole nitrogens is 1. The minimum atomic E-state index is -0.249. The predicted octanol–water partition coefficient (Wildman–Crippen LogP) is 2.53. The molecule has 28 heavy (non-hydrogen) atoms. The highest BCUT2D eigenvalue weighted by atomic mass is 16.1. The Bertz CT molecular complexity index is 1030. The van der Waals surface area contributed by atoms with Crippen LogP contribution in [-0.2, 0) is 6.42 Å². The monoisotopic (exact) mass is 377 g/mol. The van der Waals surface area contributed by atoms with Crippen molar-refractivity contribution in [2.75, 3.05) is 0 Å². The molecule has 1 aliphatic rings. The molecule has 2 N–H and O–H groups in total. The summed E-state index contributed by atoms with van der Waals surface area (Å²) in [7, 11) is 0. The SMILES string of the molecule is Cc1cc(=O)[nH]c(-n2ncc(C(=O)NC3CCCC3)c2Cc2ccccc2)n1. The standard InChI is InChI=1S/C21H23N5O2/c1-14-11-19(27)25-21(23-14)26-18(12-15-7-3-2-4-8-15)17(13-22-26)20(28)24-16-9-5-6-10-16/h2-4,7-8,11,13,16H,5-6,9-10,12H2,1H3,(H,24,28)(H,23,25,27). The summed E-state index contributed by atoms with van der Waals surface area (Å²) in [6.07, 6.45) is 6.39. The third kappa shape index (κ3) is 3.88. The van der Waals surface area contributed by atoms with Gasteiger partial charge in [-0.15, -0.1) is 0 Å². The molecule has 1 aromatic carbocycles. The first-order valence-corrected chi connectivity index (χ1v) is 9.60. The second-order valence-electron chi connectivity index (χ2n) is 7.24. The highest BCUT2D eigenvalue weighted by molar-refractivity contribution is 5.95. The lowest BCUT2D eigenvalue weighted by Crippen LogP contribution is -2.33. The first-order valence-electron chi connectivity index (χ1n) is 9.60. The molecule has 1 saturated carbocycles. The molecule has 3 aromatic rings. The van der Waals surface area contributed by atoms with Crippen molar-refractivity contribution in [3.8, 4) is 5.95 Å². The molecule has 0 spiro atoms. The summed E-state index contributed by atoms with van der Waals surface area (Å²) >= 11 is 0. The number of hydrogen-bond donors (Lipinski definition) is 2. The number of aryl methyl sites for hydroxylation is 1. The molecule has 2 aromatic heterocycles. The number of rotatable bonds is 5. The molecule has 0 bridgehead atoms. The smallest absolute Gasteiger partial charge is 0.255 e. The van der Waals surface area contributed by atoms with E-state index in [0.29, 0.717) is 29.3 Å². The van der Waals surface area contributed by atoms with E-state index in [0.717, 1.165) is 31.2 Å². The number of nitrogens with zero attached hydrogens (tertiary/aromatic N) is 3. The fourth-order valence-corrected chi connectivity index (χ4v) is 3.70. The molecule has 0 aliphatic heterocycles. The van der Waals surface area contributed by atoms with Crippen molar-refractivity contribution >= 4 is 5.91 Å². The van der Waals surface area contributed by atoms with Crippen molar-refractivity contribution in [2.45, 2.75) is 45.1 Å². The van der Waals surface area contributed by atoms with Gasteiger partial charge in [0.05, 0.1) is 17.5 Å². The highest BCUT2D eigenvalue weighted by Crippen LogP contribution is 2.21. The first-order chi connectivity index (χ1) is 13.6. The van der Waals surface area contributed by atoms with Crippen LogP contribution in [0, 0.1) is 6.92 Å². The van der Waals surface area contributed by atoms with Crippen LogP contribution in [0.3, 0.4) is 0 Å². The van der Waals surface area contributed by atoms with E-state index in [4.69, 9.17) is 0 Å². The molecule has 7 heteroatoms. The third-order valence-corrected chi connectivity index (χ3v) is 5.08. The summed E-state index contributed by atoms with van der Waals surface area (Å²) in [6, 6.07) is 11.5. The maximum absolute atomic E-state index is 12.9. The summed E-state index contributed by atoms with van der Waals surface area (Å²) in [5, 5.41) is 7.51. The van der Waals surface area contributed by atoms with Gasteiger partial charge in [-0.1, -0.05) is 43.2 Å². The molecule has 144 valence electrons. The van der Waals surface area contributed by atoms with E-state index in [2.05, 4.69) is 20.4 Å². The van der Waals surface area contributed by atoms with Crippen molar-refractivity contribution in [2.24, 2.45) is 0 Å². The minimum absolute atomic E-state index is 0.126. The summed E-state index contributed by atoms with van der Waals surface area (Å²) in [5.74, 6) is 0.190. The lowest BCUT2D eigenvalue weighted by atomic mass is 10.1. The Hall–Kier alpha value is -3.22. The van der Waals surface area contributed by atoms with E-state index in [1.54, 1.807) is 17.8 Å². The van der Waals surface area contributed by atoms with Crippen LogP contribution in [0.2, 0.25) is 0 Å². The van der Waals surface area contributed by atoms with Gasteiger partial charge < -0.3 is 5.32 Å². The Morgan fingerprint density at radius 2 is 2.00 bits per heavy atom. The quantitative estimate of drug-likeness (QED) is 0.715. The Kier molecular flexibility index (Phi) is 5.06. The first kappa shape index (κ1) is 18.2. The molecular weight excluding hydrogens is 354 g/mol. The minimum Gasteiger partial charge on any atom is -0.349 e. The average Bonchev–Trinajstić information content (AvgIpc) is 3.31. The summed E-state index contributed by atoms with van der Waals surface area (Å²) in [6.45, 7) is 1.76. The predicted molar refractivity (Wildman–Crippen MR) is 106 cm³/mol. The molecule has 7 nitrogen and oxygen atoms in total. The van der Waals surface area contributed by atoms with Gasteiger partial charge in [0.15, 0.2) is 0 Å². The molecular formula is C21H23N5O2. The molecule has 0 unspecified atom stereocenters. The van der Waals surface area contributed by atoms with Crippen molar-refractivity contribution in [3.63, 3.8) is 0 Å². The van der Waals surface area contributed by atoms with Crippen LogP contribution in [0.15, 0.2) is 47.4 Å². The summed E-state index contributed by atoms with van der Waals surface area (Å²) in [4.78, 5) is 32.0. The van der Waals surface area contributed by atoms with Crippen LogP contribution in [0.25, 0.3) is 5.95 Å². The Labute approximate surface area is 162 Å². The molecule has 4 rings (SSSR count). The van der Waals surface area contributed by atoms with Crippen molar-refractivity contribution < 1.29 is 4.79 Å². The summed E-state index contributed by atoms with van der Waals surface area (Å²) in [5.41, 5.74) is 2.61. The molecule has 1 aliphatic carbocycles. The summed E-state index contributed by atoms with van der Waals surface area (Å²) < 4.78 is 1.56. The Morgan fingerprint density at radius 1 is 1.25 bits per heavy atom. The lowest BCUT2D eigenvalue weighted by Gasteiger charge is -2.13. The Balaban J connectivity index is 1.74. The van der Waals surface area contributed by atoms with Crippen LogP contribution >= 0.6 is 0 Å². The fraction of sp³-hybridized carbons (Fsp3) is 0.333. The van der Waals surface area contributed by atoms with Crippen LogP contribution in [0.4, 0.5) is 0 Å². The van der Waals surface area contributed by atoms with Gasteiger partial charge in [0.1, 0.15) is 0 Å². The van der Waals surface area contributed by atoms with Crippen molar-refractivity contribution in [3.05, 3.63) is 75.5 Å². The van der Waals surface area contributed by atoms with E-state index in [9.17, 15) is 9.59 Å². The highest BCUT2D eigenvalue weighted by Gasteiger charge is 2.23. The van der Waals surface area contributed by atoms with Crippen LogP contribution in [0.1, 0.15) is 53.0 Å². The topological polar surface area (TPSA) is 92.7 Å². The van der Waals surface area contributed by atoms with E-state index in [1.807, 2.05) is 30.3 Å². The zero-order valence-corrected chi connectivity index (χ0v) is 15.8. The van der Waals surface area contributed by atoms with Gasteiger partial charge in [-0.2, -0.15) is 5.10 Å². The van der Waals surface area contributed by atoms with Gasteiger partial charge in [-0.05, 0) is 25.3 Å². The van der Waals surface area contributed by atoms with Gasteiger partial charge >= 0.3 is 0 Å². The molecule has 1 fully saturated rings. The van der Waals surface area contributed by atoms with Gasteiger partial charge in [0, 0.05) is 24.2 Å². The number of aromatic amines is 1. The number of nitrogens with one attached hydrogen (secondary N) is 2. The Morgan fingerprint density at radius 3 is 2.71 bits per heavy atom. The number of amides is 1. The molecule has 2 heterocycles. The van der Waals surface area contributed by atoms with E-state index in [1.165, 1.54) is 6.07 Å². The number of aromatic nitrogens is 4. The number of carbonyl (C=O) groups excluding carboxylic acids is 1. The van der Waals surface area contributed by atoms with Crippen molar-refractivity contribution in [1.82, 2.24) is 25.1 Å². The number of carbonyl (C=O) groups is 1. The van der Waals surface area contributed by atoms with Gasteiger partial charge in [0.2, 0.25) is 5.95 Å². The molecule has 0 radical (unpaired) electrons.